The lowest BCUT2D eigenvalue weighted by Gasteiger charge is -2.34. The van der Waals surface area contributed by atoms with Gasteiger partial charge in [-0.2, -0.15) is 0 Å². The molecular weight excluding hydrogens is 142 g/mol. The minimum absolute atomic E-state index is 0.0855. The molecule has 11 heavy (non-hydrogen) atoms. The SMILES string of the molecule is C[C@@H](C(=O)O)N(C)C(C)(C)C. The van der Waals surface area contributed by atoms with Crippen LogP contribution in [0.3, 0.4) is 0 Å². The molecule has 0 aromatic carbocycles. The van der Waals surface area contributed by atoms with Crippen molar-refractivity contribution in [2.75, 3.05) is 7.05 Å². The summed E-state index contributed by atoms with van der Waals surface area (Å²) in [6.07, 6.45) is 0. The third-order valence-electron chi connectivity index (χ3n) is 2.00. The van der Waals surface area contributed by atoms with E-state index in [1.165, 1.54) is 0 Å². The fourth-order valence-corrected chi connectivity index (χ4v) is 0.747. The summed E-state index contributed by atoms with van der Waals surface area (Å²) in [5.74, 6) is -0.776. The van der Waals surface area contributed by atoms with Gasteiger partial charge in [-0.3, -0.25) is 9.69 Å². The van der Waals surface area contributed by atoms with E-state index in [4.69, 9.17) is 5.11 Å². The summed E-state index contributed by atoms with van der Waals surface area (Å²) < 4.78 is 0. The van der Waals surface area contributed by atoms with Crippen LogP contribution < -0.4 is 0 Å². The maximum Gasteiger partial charge on any atom is 0.320 e. The predicted octanol–water partition coefficient (Wildman–Crippen LogP) is 1.19. The van der Waals surface area contributed by atoms with Crippen molar-refractivity contribution in [1.82, 2.24) is 4.90 Å². The molecule has 1 N–H and O–H groups in total. The Kier molecular flexibility index (Phi) is 3.05. The standard InChI is InChI=1S/C8H17NO2/c1-6(7(10)11)9(5)8(2,3)4/h6H,1-5H3,(H,10,11)/t6-/m0/s1. The van der Waals surface area contributed by atoms with Gasteiger partial charge in [-0.05, 0) is 34.7 Å². The first-order chi connectivity index (χ1) is 4.76. The van der Waals surface area contributed by atoms with Crippen LogP contribution in [0.5, 0.6) is 0 Å². The fourth-order valence-electron chi connectivity index (χ4n) is 0.747. The van der Waals surface area contributed by atoms with Crippen LogP contribution in [0, 0.1) is 0 Å². The topological polar surface area (TPSA) is 40.5 Å². The van der Waals surface area contributed by atoms with Crippen LogP contribution in [0.2, 0.25) is 0 Å². The highest BCUT2D eigenvalue weighted by Crippen LogP contribution is 2.13. The third-order valence-corrected chi connectivity index (χ3v) is 2.00. The van der Waals surface area contributed by atoms with E-state index in [2.05, 4.69) is 0 Å². The van der Waals surface area contributed by atoms with Crippen LogP contribution in [0.25, 0.3) is 0 Å². The van der Waals surface area contributed by atoms with Crippen LogP contribution in [-0.4, -0.2) is 34.6 Å². The van der Waals surface area contributed by atoms with Gasteiger partial charge in [-0.25, -0.2) is 0 Å². The molecule has 0 aliphatic heterocycles. The Bertz CT molecular complexity index is 149. The average Bonchev–Trinajstić information content (AvgIpc) is 1.82. The molecule has 0 aliphatic rings. The summed E-state index contributed by atoms with van der Waals surface area (Å²) in [4.78, 5) is 12.4. The van der Waals surface area contributed by atoms with Gasteiger partial charge in [0.2, 0.25) is 0 Å². The minimum atomic E-state index is -0.776. The first-order valence-corrected chi connectivity index (χ1v) is 3.72. The van der Waals surface area contributed by atoms with Gasteiger partial charge in [0.25, 0.3) is 0 Å². The highest BCUT2D eigenvalue weighted by molar-refractivity contribution is 5.72. The molecule has 0 saturated heterocycles. The summed E-state index contributed by atoms with van der Waals surface area (Å²) in [5, 5.41) is 8.67. The van der Waals surface area contributed by atoms with Crippen LogP contribution >= 0.6 is 0 Å². The lowest BCUT2D eigenvalue weighted by molar-refractivity contribution is -0.143. The Morgan fingerprint density at radius 3 is 1.91 bits per heavy atom. The van der Waals surface area contributed by atoms with Crippen molar-refractivity contribution in [3.05, 3.63) is 0 Å². The van der Waals surface area contributed by atoms with Gasteiger partial charge >= 0.3 is 5.97 Å². The van der Waals surface area contributed by atoms with Crippen LogP contribution in [0.15, 0.2) is 0 Å². The lowest BCUT2D eigenvalue weighted by Crippen LogP contribution is -2.47. The number of rotatable bonds is 2. The summed E-state index contributed by atoms with van der Waals surface area (Å²) in [6.45, 7) is 7.67. The van der Waals surface area contributed by atoms with E-state index in [-0.39, 0.29) is 5.54 Å². The molecule has 3 nitrogen and oxygen atoms in total. The van der Waals surface area contributed by atoms with E-state index in [0.717, 1.165) is 0 Å². The molecule has 0 saturated carbocycles. The van der Waals surface area contributed by atoms with Crippen LogP contribution in [0.4, 0.5) is 0 Å². The third kappa shape index (κ3) is 2.89. The number of carbonyl (C=O) groups is 1. The van der Waals surface area contributed by atoms with Gasteiger partial charge < -0.3 is 5.11 Å². The molecule has 3 heteroatoms. The zero-order valence-electron chi connectivity index (χ0n) is 7.88. The largest absolute Gasteiger partial charge is 0.480 e. The first-order valence-electron chi connectivity index (χ1n) is 3.72. The molecule has 0 bridgehead atoms. The van der Waals surface area contributed by atoms with Gasteiger partial charge in [0, 0.05) is 5.54 Å². The summed E-state index contributed by atoms with van der Waals surface area (Å²) in [7, 11) is 1.82. The van der Waals surface area contributed by atoms with Crippen molar-refractivity contribution in [2.45, 2.75) is 39.3 Å². The Hall–Kier alpha value is -0.570. The molecule has 0 spiro atoms. The van der Waals surface area contributed by atoms with Crippen molar-refractivity contribution in [1.29, 1.82) is 0 Å². The second-order valence-electron chi connectivity index (χ2n) is 3.80. The van der Waals surface area contributed by atoms with E-state index >= 15 is 0 Å². The van der Waals surface area contributed by atoms with Crippen LogP contribution in [-0.2, 0) is 4.79 Å². The summed E-state index contributed by atoms with van der Waals surface area (Å²) >= 11 is 0. The number of carboxylic acids is 1. The monoisotopic (exact) mass is 159 g/mol. The zero-order valence-corrected chi connectivity index (χ0v) is 7.88. The number of hydrogen-bond acceptors (Lipinski definition) is 2. The molecule has 0 aromatic rings. The molecule has 0 fully saturated rings. The molecule has 0 heterocycles. The highest BCUT2D eigenvalue weighted by atomic mass is 16.4. The second kappa shape index (κ2) is 3.22. The van der Waals surface area contributed by atoms with E-state index in [0.29, 0.717) is 0 Å². The normalized spacial score (nSPS) is 15.1. The number of hydrogen-bond donors (Lipinski definition) is 1. The Morgan fingerprint density at radius 2 is 1.82 bits per heavy atom. The van der Waals surface area contributed by atoms with Gasteiger partial charge in [-0.1, -0.05) is 0 Å². The van der Waals surface area contributed by atoms with E-state index < -0.39 is 12.0 Å². The quantitative estimate of drug-likeness (QED) is 0.658. The molecule has 0 radical (unpaired) electrons. The first kappa shape index (κ1) is 10.4. The molecular formula is C8H17NO2. The minimum Gasteiger partial charge on any atom is -0.480 e. The lowest BCUT2D eigenvalue weighted by atomic mass is 10.0. The maximum atomic E-state index is 10.5. The van der Waals surface area contributed by atoms with Crippen LogP contribution in [0.1, 0.15) is 27.7 Å². The smallest absolute Gasteiger partial charge is 0.320 e. The molecule has 0 aliphatic carbocycles. The number of carboxylic acid groups (broad SMARTS) is 1. The predicted molar refractivity (Wildman–Crippen MR) is 44.6 cm³/mol. The number of nitrogens with zero attached hydrogens (tertiary/aromatic N) is 1. The van der Waals surface area contributed by atoms with E-state index in [1.54, 1.807) is 6.92 Å². The van der Waals surface area contributed by atoms with Crippen molar-refractivity contribution < 1.29 is 9.90 Å². The van der Waals surface area contributed by atoms with Crippen molar-refractivity contribution in [3.8, 4) is 0 Å². The molecule has 0 unspecified atom stereocenters. The summed E-state index contributed by atoms with van der Waals surface area (Å²) in [6, 6.07) is -0.421. The number of aliphatic carboxylic acids is 1. The van der Waals surface area contributed by atoms with Gasteiger partial charge in [0.1, 0.15) is 6.04 Å². The molecule has 0 aromatic heterocycles. The average molecular weight is 159 g/mol. The number of likely N-dealkylation sites (N-methyl/N-ethyl adjacent to an activating group) is 1. The second-order valence-corrected chi connectivity index (χ2v) is 3.80. The zero-order chi connectivity index (χ0) is 9.23. The molecule has 0 amide bonds. The molecule has 1 atom stereocenters. The Morgan fingerprint density at radius 1 is 1.45 bits per heavy atom. The summed E-state index contributed by atoms with van der Waals surface area (Å²) in [5.41, 5.74) is -0.0855. The fraction of sp³-hybridized carbons (Fsp3) is 0.875. The highest BCUT2D eigenvalue weighted by Gasteiger charge is 2.26. The van der Waals surface area contributed by atoms with E-state index in [1.807, 2.05) is 32.7 Å². The Labute approximate surface area is 68.0 Å². The maximum absolute atomic E-state index is 10.5. The van der Waals surface area contributed by atoms with Crippen molar-refractivity contribution in [2.24, 2.45) is 0 Å². The van der Waals surface area contributed by atoms with Crippen molar-refractivity contribution >= 4 is 5.97 Å². The van der Waals surface area contributed by atoms with Gasteiger partial charge in [0.15, 0.2) is 0 Å². The molecule has 66 valence electrons. The van der Waals surface area contributed by atoms with Crippen molar-refractivity contribution in [3.63, 3.8) is 0 Å². The van der Waals surface area contributed by atoms with Gasteiger partial charge in [-0.15, -0.1) is 0 Å². The van der Waals surface area contributed by atoms with Gasteiger partial charge in [0.05, 0.1) is 0 Å². The molecule has 0 rings (SSSR count). The Balaban J connectivity index is 4.25. The van der Waals surface area contributed by atoms with E-state index in [9.17, 15) is 4.79 Å².